The third-order valence-corrected chi connectivity index (χ3v) is 3.62. The van der Waals surface area contributed by atoms with Crippen LogP contribution in [0.25, 0.3) is 0 Å². The molecule has 1 saturated carbocycles. The summed E-state index contributed by atoms with van der Waals surface area (Å²) in [7, 11) is 2.95. The van der Waals surface area contributed by atoms with E-state index in [2.05, 4.69) is 0 Å². The van der Waals surface area contributed by atoms with Gasteiger partial charge in [-0.15, -0.1) is 0 Å². The van der Waals surface area contributed by atoms with E-state index in [0.717, 1.165) is 0 Å². The molecule has 2 rings (SSSR count). The zero-order chi connectivity index (χ0) is 14.0. The lowest BCUT2D eigenvalue weighted by atomic mass is 9.90. The lowest BCUT2D eigenvalue weighted by Gasteiger charge is -2.18. The molecule has 1 N–H and O–H groups in total. The van der Waals surface area contributed by atoms with Gasteiger partial charge < -0.3 is 14.6 Å². The lowest BCUT2D eigenvalue weighted by molar-refractivity contribution is -0.137. The molecular weight excluding hydrogens is 251 g/mol. The SMILES string of the molecule is COCc1c(OC)ccc(C2(CC(=O)O)CC2)c1F. The number of rotatable bonds is 6. The van der Waals surface area contributed by atoms with E-state index < -0.39 is 17.2 Å². The summed E-state index contributed by atoms with van der Waals surface area (Å²) < 4.78 is 24.6. The van der Waals surface area contributed by atoms with Crippen LogP contribution in [0.3, 0.4) is 0 Å². The largest absolute Gasteiger partial charge is 0.496 e. The summed E-state index contributed by atoms with van der Waals surface area (Å²) in [6.07, 6.45) is 1.37. The number of hydrogen-bond donors (Lipinski definition) is 1. The fourth-order valence-corrected chi connectivity index (χ4v) is 2.46. The molecule has 104 valence electrons. The van der Waals surface area contributed by atoms with Gasteiger partial charge in [-0.2, -0.15) is 0 Å². The van der Waals surface area contributed by atoms with Crippen LogP contribution < -0.4 is 4.74 Å². The molecule has 1 aliphatic carbocycles. The topological polar surface area (TPSA) is 55.8 Å². The van der Waals surface area contributed by atoms with Gasteiger partial charge in [-0.1, -0.05) is 6.07 Å². The van der Waals surface area contributed by atoms with Crippen LogP contribution in [0.4, 0.5) is 4.39 Å². The quantitative estimate of drug-likeness (QED) is 0.861. The number of carboxylic acids is 1. The van der Waals surface area contributed by atoms with Gasteiger partial charge in [-0.05, 0) is 24.5 Å². The van der Waals surface area contributed by atoms with Crippen molar-refractivity contribution < 1.29 is 23.8 Å². The molecule has 0 aliphatic heterocycles. The van der Waals surface area contributed by atoms with Crippen LogP contribution in [-0.2, 0) is 21.6 Å². The normalized spacial score (nSPS) is 16.2. The minimum atomic E-state index is -0.902. The highest BCUT2D eigenvalue weighted by atomic mass is 19.1. The molecular formula is C14H17FO4. The van der Waals surface area contributed by atoms with Gasteiger partial charge in [-0.3, -0.25) is 4.79 Å². The maximum absolute atomic E-state index is 14.5. The van der Waals surface area contributed by atoms with Crippen LogP contribution in [0, 0.1) is 5.82 Å². The number of carbonyl (C=O) groups is 1. The third-order valence-electron chi connectivity index (χ3n) is 3.62. The standard InChI is InChI=1S/C14H17FO4/c1-18-8-9-11(19-2)4-3-10(13(9)15)14(5-6-14)7-12(16)17/h3-4H,5-8H2,1-2H3,(H,16,17). The average molecular weight is 268 g/mol. The number of carboxylic acid groups (broad SMARTS) is 1. The van der Waals surface area contributed by atoms with E-state index in [-0.39, 0.29) is 13.0 Å². The Morgan fingerprint density at radius 1 is 1.42 bits per heavy atom. The average Bonchev–Trinajstić information content (AvgIpc) is 3.11. The monoisotopic (exact) mass is 268 g/mol. The van der Waals surface area contributed by atoms with E-state index in [9.17, 15) is 9.18 Å². The first kappa shape index (κ1) is 13.8. The van der Waals surface area contributed by atoms with Crippen LogP contribution in [0.2, 0.25) is 0 Å². The van der Waals surface area contributed by atoms with Crippen molar-refractivity contribution in [3.63, 3.8) is 0 Å². The minimum absolute atomic E-state index is 0.0390. The predicted octanol–water partition coefficient (Wildman–Crippen LogP) is 2.49. The molecule has 1 aromatic carbocycles. The Labute approximate surface area is 111 Å². The molecule has 5 heteroatoms. The second-order valence-electron chi connectivity index (χ2n) is 4.89. The Bertz CT molecular complexity index is 494. The van der Waals surface area contributed by atoms with E-state index in [4.69, 9.17) is 14.6 Å². The first-order chi connectivity index (χ1) is 9.04. The van der Waals surface area contributed by atoms with Gasteiger partial charge in [0.05, 0.1) is 25.7 Å². The molecule has 0 atom stereocenters. The van der Waals surface area contributed by atoms with Crippen molar-refractivity contribution in [2.24, 2.45) is 0 Å². The van der Waals surface area contributed by atoms with Crippen LogP contribution in [0.5, 0.6) is 5.75 Å². The molecule has 1 fully saturated rings. The van der Waals surface area contributed by atoms with E-state index in [1.54, 1.807) is 12.1 Å². The number of benzene rings is 1. The Hall–Kier alpha value is -1.62. The van der Waals surface area contributed by atoms with E-state index in [1.807, 2.05) is 0 Å². The first-order valence-electron chi connectivity index (χ1n) is 6.10. The molecule has 0 aromatic heterocycles. The highest BCUT2D eigenvalue weighted by Crippen LogP contribution is 2.52. The Kier molecular flexibility index (Phi) is 3.75. The Balaban J connectivity index is 2.42. The molecule has 0 amide bonds. The molecule has 0 spiro atoms. The van der Waals surface area contributed by atoms with Crippen molar-refractivity contribution in [1.82, 2.24) is 0 Å². The molecule has 0 unspecified atom stereocenters. The zero-order valence-electron chi connectivity index (χ0n) is 11.0. The number of methoxy groups -OCH3 is 2. The molecule has 0 heterocycles. The summed E-state index contributed by atoms with van der Waals surface area (Å²) in [4.78, 5) is 10.9. The van der Waals surface area contributed by atoms with Crippen LogP contribution in [0.1, 0.15) is 30.4 Å². The smallest absolute Gasteiger partial charge is 0.304 e. The maximum Gasteiger partial charge on any atom is 0.304 e. The lowest BCUT2D eigenvalue weighted by Crippen LogP contribution is -2.16. The fraction of sp³-hybridized carbons (Fsp3) is 0.500. The number of ether oxygens (including phenoxy) is 2. The van der Waals surface area contributed by atoms with Gasteiger partial charge in [0, 0.05) is 12.5 Å². The molecule has 0 saturated heterocycles. The maximum atomic E-state index is 14.5. The highest BCUT2D eigenvalue weighted by Gasteiger charge is 2.48. The molecule has 19 heavy (non-hydrogen) atoms. The summed E-state index contributed by atoms with van der Waals surface area (Å²) in [5.74, 6) is -0.879. The van der Waals surface area contributed by atoms with Crippen molar-refractivity contribution in [1.29, 1.82) is 0 Å². The highest BCUT2D eigenvalue weighted by molar-refractivity contribution is 5.70. The van der Waals surface area contributed by atoms with Gasteiger partial charge in [-0.25, -0.2) is 4.39 Å². The van der Waals surface area contributed by atoms with Crippen molar-refractivity contribution in [3.8, 4) is 5.75 Å². The van der Waals surface area contributed by atoms with Gasteiger partial charge in [0.2, 0.25) is 0 Å². The van der Waals surface area contributed by atoms with Crippen LogP contribution in [0.15, 0.2) is 12.1 Å². The molecule has 1 aromatic rings. The molecule has 1 aliphatic rings. The molecule has 0 bridgehead atoms. The summed E-state index contributed by atoms with van der Waals surface area (Å²) in [6, 6.07) is 3.30. The summed E-state index contributed by atoms with van der Waals surface area (Å²) in [5.41, 5.74) is 0.256. The van der Waals surface area contributed by atoms with Gasteiger partial charge >= 0.3 is 5.97 Å². The second kappa shape index (κ2) is 5.17. The second-order valence-corrected chi connectivity index (χ2v) is 4.89. The predicted molar refractivity (Wildman–Crippen MR) is 66.8 cm³/mol. The van der Waals surface area contributed by atoms with E-state index >= 15 is 0 Å². The Morgan fingerprint density at radius 3 is 2.58 bits per heavy atom. The van der Waals surface area contributed by atoms with Gasteiger partial charge in [0.1, 0.15) is 11.6 Å². The fourth-order valence-electron chi connectivity index (χ4n) is 2.46. The minimum Gasteiger partial charge on any atom is -0.496 e. The number of halogens is 1. The van der Waals surface area contributed by atoms with Crippen LogP contribution >= 0.6 is 0 Å². The third kappa shape index (κ3) is 2.56. The molecule has 0 radical (unpaired) electrons. The Morgan fingerprint density at radius 2 is 2.11 bits per heavy atom. The first-order valence-corrected chi connectivity index (χ1v) is 6.10. The summed E-state index contributed by atoms with van der Waals surface area (Å²) in [5, 5.41) is 8.94. The van der Waals surface area contributed by atoms with E-state index in [1.165, 1.54) is 14.2 Å². The summed E-state index contributed by atoms with van der Waals surface area (Å²) >= 11 is 0. The van der Waals surface area contributed by atoms with Gasteiger partial charge in [0.25, 0.3) is 0 Å². The van der Waals surface area contributed by atoms with Crippen molar-refractivity contribution in [3.05, 3.63) is 29.1 Å². The van der Waals surface area contributed by atoms with Crippen molar-refractivity contribution in [2.45, 2.75) is 31.3 Å². The number of aliphatic carboxylic acids is 1. The molecule has 4 nitrogen and oxygen atoms in total. The van der Waals surface area contributed by atoms with E-state index in [0.29, 0.717) is 29.7 Å². The van der Waals surface area contributed by atoms with Crippen LogP contribution in [-0.4, -0.2) is 25.3 Å². The zero-order valence-corrected chi connectivity index (χ0v) is 11.0. The summed E-state index contributed by atoms with van der Waals surface area (Å²) in [6.45, 7) is 0.103. The number of hydrogen-bond acceptors (Lipinski definition) is 3. The van der Waals surface area contributed by atoms with Crippen molar-refractivity contribution in [2.75, 3.05) is 14.2 Å². The van der Waals surface area contributed by atoms with Gasteiger partial charge in [0.15, 0.2) is 0 Å². The van der Waals surface area contributed by atoms with Crippen molar-refractivity contribution >= 4 is 5.97 Å².